The van der Waals surface area contributed by atoms with Crippen LogP contribution in [0.25, 0.3) is 0 Å². The number of carbonyl (C=O) groups is 2. The van der Waals surface area contributed by atoms with E-state index in [0.29, 0.717) is 11.4 Å². The standard InChI is InChI=1S/C21H27ClN2O2/c1-3-4-8-15-11-13-17(14-12-15)24-20(25)18(22)19(21(24)26)23(2)16-9-6-5-7-10-16/h11-14,16H,3-10H2,1-2H3. The third kappa shape index (κ3) is 3.66. The van der Waals surface area contributed by atoms with Crippen molar-refractivity contribution < 1.29 is 9.59 Å². The second kappa shape index (κ2) is 8.26. The highest BCUT2D eigenvalue weighted by molar-refractivity contribution is 6.52. The summed E-state index contributed by atoms with van der Waals surface area (Å²) in [5, 5.41) is 0.0399. The Hall–Kier alpha value is -1.81. The predicted octanol–water partition coefficient (Wildman–Crippen LogP) is 4.62. The summed E-state index contributed by atoms with van der Waals surface area (Å²) in [7, 11) is 1.89. The molecule has 3 rings (SSSR count). The highest BCUT2D eigenvalue weighted by atomic mass is 35.5. The highest BCUT2D eigenvalue weighted by Crippen LogP contribution is 2.34. The van der Waals surface area contributed by atoms with E-state index in [1.54, 1.807) is 0 Å². The molecule has 1 aliphatic carbocycles. The van der Waals surface area contributed by atoms with Crippen molar-refractivity contribution in [3.05, 3.63) is 40.6 Å². The van der Waals surface area contributed by atoms with E-state index < -0.39 is 5.91 Å². The first-order valence-electron chi connectivity index (χ1n) is 9.65. The van der Waals surface area contributed by atoms with Crippen LogP contribution in [-0.2, 0) is 16.0 Å². The van der Waals surface area contributed by atoms with Crippen molar-refractivity contribution in [2.24, 2.45) is 0 Å². The predicted molar refractivity (Wildman–Crippen MR) is 105 cm³/mol. The summed E-state index contributed by atoms with van der Waals surface area (Å²) in [5.41, 5.74) is 2.15. The number of hydrogen-bond donors (Lipinski definition) is 0. The Morgan fingerprint density at radius 1 is 1.08 bits per heavy atom. The van der Waals surface area contributed by atoms with Crippen molar-refractivity contribution in [3.63, 3.8) is 0 Å². The molecular formula is C21H27ClN2O2. The molecule has 1 aromatic carbocycles. The quantitative estimate of drug-likeness (QED) is 0.682. The number of nitrogens with zero attached hydrogens (tertiary/aromatic N) is 2. The van der Waals surface area contributed by atoms with E-state index in [4.69, 9.17) is 11.6 Å². The van der Waals surface area contributed by atoms with Crippen LogP contribution >= 0.6 is 11.6 Å². The molecule has 2 amide bonds. The minimum atomic E-state index is -0.421. The Bertz CT molecular complexity index is 705. The van der Waals surface area contributed by atoms with Crippen molar-refractivity contribution in [1.82, 2.24) is 4.90 Å². The second-order valence-corrected chi connectivity index (χ2v) is 7.66. The molecule has 0 saturated heterocycles. The van der Waals surface area contributed by atoms with Crippen molar-refractivity contribution >= 4 is 29.1 Å². The maximum absolute atomic E-state index is 13.0. The molecule has 1 aromatic rings. The van der Waals surface area contributed by atoms with E-state index in [-0.39, 0.29) is 17.0 Å². The third-order valence-corrected chi connectivity index (χ3v) is 5.83. The van der Waals surface area contributed by atoms with Crippen molar-refractivity contribution in [1.29, 1.82) is 0 Å². The number of benzene rings is 1. The Balaban J connectivity index is 1.79. The number of imide groups is 1. The molecule has 1 heterocycles. The lowest BCUT2D eigenvalue weighted by atomic mass is 9.94. The van der Waals surface area contributed by atoms with Gasteiger partial charge in [-0.2, -0.15) is 0 Å². The molecule has 0 atom stereocenters. The maximum Gasteiger partial charge on any atom is 0.283 e. The van der Waals surface area contributed by atoms with Crippen LogP contribution in [0, 0.1) is 0 Å². The van der Waals surface area contributed by atoms with Crippen LogP contribution in [0.1, 0.15) is 57.4 Å². The lowest BCUT2D eigenvalue weighted by Gasteiger charge is -2.33. The molecule has 2 aliphatic rings. The first-order chi connectivity index (χ1) is 12.5. The molecule has 0 N–H and O–H groups in total. The molecule has 1 saturated carbocycles. The van der Waals surface area contributed by atoms with E-state index >= 15 is 0 Å². The number of anilines is 1. The lowest BCUT2D eigenvalue weighted by Crippen LogP contribution is -2.38. The van der Waals surface area contributed by atoms with Gasteiger partial charge >= 0.3 is 0 Å². The number of halogens is 1. The summed E-state index contributed by atoms with van der Waals surface area (Å²) in [6, 6.07) is 7.94. The topological polar surface area (TPSA) is 40.6 Å². The number of carbonyl (C=O) groups excluding carboxylic acids is 2. The van der Waals surface area contributed by atoms with Crippen LogP contribution in [0.2, 0.25) is 0 Å². The summed E-state index contributed by atoms with van der Waals surface area (Å²) in [5.74, 6) is -0.731. The average molecular weight is 375 g/mol. The van der Waals surface area contributed by atoms with E-state index in [1.807, 2.05) is 36.2 Å². The highest BCUT2D eigenvalue weighted by Gasteiger charge is 2.41. The van der Waals surface area contributed by atoms with E-state index in [0.717, 1.165) is 44.9 Å². The van der Waals surface area contributed by atoms with Gasteiger partial charge < -0.3 is 4.90 Å². The Morgan fingerprint density at radius 2 is 1.73 bits per heavy atom. The fourth-order valence-electron chi connectivity index (χ4n) is 3.88. The second-order valence-electron chi connectivity index (χ2n) is 7.28. The first-order valence-corrected chi connectivity index (χ1v) is 10.0. The fourth-order valence-corrected chi connectivity index (χ4v) is 4.17. The average Bonchev–Trinajstić information content (AvgIpc) is 2.89. The molecule has 5 heteroatoms. The van der Waals surface area contributed by atoms with Gasteiger partial charge in [0.05, 0.1) is 5.69 Å². The summed E-state index contributed by atoms with van der Waals surface area (Å²) in [6.45, 7) is 2.16. The van der Waals surface area contributed by atoms with Crippen LogP contribution in [0.5, 0.6) is 0 Å². The third-order valence-electron chi connectivity index (χ3n) is 5.49. The fraction of sp³-hybridized carbons (Fsp3) is 0.524. The lowest BCUT2D eigenvalue weighted by molar-refractivity contribution is -0.121. The van der Waals surface area contributed by atoms with E-state index in [9.17, 15) is 9.59 Å². The first kappa shape index (κ1) is 19.0. The largest absolute Gasteiger partial charge is 0.366 e. The van der Waals surface area contributed by atoms with Gasteiger partial charge in [-0.25, -0.2) is 4.90 Å². The molecule has 0 aromatic heterocycles. The van der Waals surface area contributed by atoms with Crippen LogP contribution in [-0.4, -0.2) is 29.8 Å². The normalized spacial score (nSPS) is 18.8. The number of unbranched alkanes of at least 4 members (excludes halogenated alkanes) is 1. The smallest absolute Gasteiger partial charge is 0.283 e. The van der Waals surface area contributed by atoms with Gasteiger partial charge in [0, 0.05) is 13.1 Å². The minimum absolute atomic E-state index is 0.0399. The molecule has 1 fully saturated rings. The maximum atomic E-state index is 13.0. The van der Waals surface area contributed by atoms with Crippen molar-refractivity contribution in [2.75, 3.05) is 11.9 Å². The van der Waals surface area contributed by atoms with Gasteiger partial charge in [-0.3, -0.25) is 9.59 Å². The van der Waals surface area contributed by atoms with Gasteiger partial charge in [0.15, 0.2) is 0 Å². The summed E-state index contributed by atoms with van der Waals surface area (Å²) >= 11 is 6.31. The minimum Gasteiger partial charge on any atom is -0.366 e. The van der Waals surface area contributed by atoms with Gasteiger partial charge in [-0.15, -0.1) is 0 Å². The number of likely N-dealkylation sites (N-methyl/N-ethyl adjacent to an activating group) is 1. The number of aryl methyl sites for hydroxylation is 1. The van der Waals surface area contributed by atoms with Gasteiger partial charge in [-0.05, 0) is 43.4 Å². The van der Waals surface area contributed by atoms with E-state index in [1.165, 1.54) is 16.9 Å². The summed E-state index contributed by atoms with van der Waals surface area (Å²) < 4.78 is 0. The molecule has 4 nitrogen and oxygen atoms in total. The van der Waals surface area contributed by atoms with E-state index in [2.05, 4.69) is 6.92 Å². The Labute approximate surface area is 160 Å². The summed E-state index contributed by atoms with van der Waals surface area (Å²) in [4.78, 5) is 28.8. The molecule has 0 unspecified atom stereocenters. The number of amides is 2. The van der Waals surface area contributed by atoms with Crippen molar-refractivity contribution in [2.45, 2.75) is 64.3 Å². The van der Waals surface area contributed by atoms with Crippen LogP contribution in [0.3, 0.4) is 0 Å². The molecule has 0 spiro atoms. The number of hydrogen-bond acceptors (Lipinski definition) is 3. The van der Waals surface area contributed by atoms with Gasteiger partial charge in [0.2, 0.25) is 0 Å². The van der Waals surface area contributed by atoms with Crippen LogP contribution in [0.15, 0.2) is 35.0 Å². The van der Waals surface area contributed by atoms with Gasteiger partial charge in [0.25, 0.3) is 11.8 Å². The van der Waals surface area contributed by atoms with Crippen LogP contribution < -0.4 is 4.90 Å². The van der Waals surface area contributed by atoms with Gasteiger partial charge in [0.1, 0.15) is 10.7 Å². The van der Waals surface area contributed by atoms with Gasteiger partial charge in [-0.1, -0.05) is 56.3 Å². The molecule has 1 aliphatic heterocycles. The zero-order valence-corrected chi connectivity index (χ0v) is 16.4. The monoisotopic (exact) mass is 374 g/mol. The van der Waals surface area contributed by atoms with Crippen molar-refractivity contribution in [3.8, 4) is 0 Å². The summed E-state index contributed by atoms with van der Waals surface area (Å²) in [6.07, 6.45) is 8.91. The van der Waals surface area contributed by atoms with Crippen LogP contribution in [0.4, 0.5) is 5.69 Å². The molecular weight excluding hydrogens is 348 g/mol. The molecule has 140 valence electrons. The molecule has 26 heavy (non-hydrogen) atoms. The Morgan fingerprint density at radius 3 is 2.35 bits per heavy atom. The zero-order valence-electron chi connectivity index (χ0n) is 15.6. The molecule has 0 radical (unpaired) electrons. The zero-order chi connectivity index (χ0) is 18.7. The molecule has 0 bridgehead atoms. The number of rotatable bonds is 6. The SMILES string of the molecule is CCCCc1ccc(N2C(=O)C(Cl)=C(N(C)C3CCCCC3)C2=O)cc1. The Kier molecular flexibility index (Phi) is 6.02.